The molecule has 0 atom stereocenters. The molecule has 0 heterocycles. The fourth-order valence-electron chi connectivity index (χ4n) is 3.18. The Morgan fingerprint density at radius 1 is 0.750 bits per heavy atom. The Kier molecular flexibility index (Phi) is 24.6. The number of alkyl carbamates (subject to hydrolysis) is 1. The van der Waals surface area contributed by atoms with Gasteiger partial charge in [0.1, 0.15) is 5.60 Å². The van der Waals surface area contributed by atoms with E-state index >= 15 is 0 Å². The summed E-state index contributed by atoms with van der Waals surface area (Å²) in [5, 5.41) is 19.9. The number of benzene rings is 4. The molecule has 4 aromatic carbocycles. The van der Waals surface area contributed by atoms with Gasteiger partial charge < -0.3 is 25.8 Å². The van der Waals surface area contributed by atoms with Crippen LogP contribution in [0.1, 0.15) is 59.6 Å². The second-order valence-corrected chi connectivity index (χ2v) is 10.4. The molecule has 6 nitrogen and oxygen atoms in total. The fourth-order valence-corrected chi connectivity index (χ4v) is 3.44. The van der Waals surface area contributed by atoms with Crippen molar-refractivity contribution >= 4 is 47.0 Å². The molecule has 4 aromatic rings. The lowest BCUT2D eigenvalue weighted by molar-refractivity contribution is 0.0523. The van der Waals surface area contributed by atoms with Crippen LogP contribution in [0.5, 0.6) is 0 Å². The molecule has 5 N–H and O–H groups in total. The van der Waals surface area contributed by atoms with E-state index < -0.39 is 18.8 Å². The summed E-state index contributed by atoms with van der Waals surface area (Å²) < 4.78 is 6.15. The van der Waals surface area contributed by atoms with Gasteiger partial charge in [0.15, 0.2) is 0 Å². The number of amides is 1. The number of hydrogen-bond acceptors (Lipinski definition) is 5. The van der Waals surface area contributed by atoms with Gasteiger partial charge in [-0.25, -0.2) is 4.79 Å². The Balaban J connectivity index is 0. The highest BCUT2D eigenvalue weighted by Crippen LogP contribution is 2.18. The van der Waals surface area contributed by atoms with Crippen LogP contribution >= 0.6 is 28.3 Å². The number of hydrogen-bond donors (Lipinski definition) is 4. The molecule has 4 rings (SSSR count). The van der Waals surface area contributed by atoms with Gasteiger partial charge in [-0.05, 0) is 60.6 Å². The molecule has 44 heavy (non-hydrogen) atoms. The summed E-state index contributed by atoms with van der Waals surface area (Å²) in [5.41, 5.74) is 10.3. The first-order valence-electron chi connectivity index (χ1n) is 14.5. The maximum Gasteiger partial charge on any atom is 0.488 e. The Hall–Kier alpha value is -3.14. The van der Waals surface area contributed by atoms with Crippen LogP contribution in [-0.2, 0) is 17.8 Å². The molecule has 0 fully saturated rings. The van der Waals surface area contributed by atoms with E-state index in [4.69, 9.17) is 20.5 Å². The topological polar surface area (TPSA) is 105 Å². The molecular formula is C35H49BBrClN2O4. The zero-order valence-corrected chi connectivity index (χ0v) is 29.4. The molecular weight excluding hydrogens is 639 g/mol. The highest BCUT2D eigenvalue weighted by molar-refractivity contribution is 9.10. The van der Waals surface area contributed by atoms with Crippen molar-refractivity contribution in [1.29, 1.82) is 0 Å². The van der Waals surface area contributed by atoms with Crippen LogP contribution < -0.4 is 16.5 Å². The normalized spacial score (nSPS) is 9.34. The molecule has 0 unspecified atom stereocenters. The van der Waals surface area contributed by atoms with Crippen molar-refractivity contribution in [3.8, 4) is 11.1 Å². The van der Waals surface area contributed by atoms with Crippen molar-refractivity contribution in [3.63, 3.8) is 0 Å². The molecule has 0 bridgehead atoms. The number of nitrogens with one attached hydrogen (secondary N) is 1. The number of ether oxygens (including phenoxy) is 1. The monoisotopic (exact) mass is 686 g/mol. The predicted molar refractivity (Wildman–Crippen MR) is 193 cm³/mol. The first kappa shape index (κ1) is 43.0. The largest absolute Gasteiger partial charge is 0.488 e. The quantitative estimate of drug-likeness (QED) is 0.159. The zero-order valence-electron chi connectivity index (χ0n) is 27.0. The van der Waals surface area contributed by atoms with Gasteiger partial charge in [0.25, 0.3) is 0 Å². The second-order valence-electron chi connectivity index (χ2n) is 9.53. The maximum atomic E-state index is 11.4. The third-order valence-corrected chi connectivity index (χ3v) is 5.67. The molecule has 0 aliphatic carbocycles. The fraction of sp³-hybridized carbons (Fsp3) is 0.286. The summed E-state index contributed by atoms with van der Waals surface area (Å²) in [7, 11) is -1.34. The minimum atomic E-state index is -1.34. The SMILES string of the molecule is CC.CC.CC(C)(C)OC(=O)NCc1ccc(Br)cc1.Cl.NCc1ccc(-c2ccccc2)cc1.OB(O)c1ccccc1. The van der Waals surface area contributed by atoms with E-state index in [-0.39, 0.29) is 12.4 Å². The smallest absolute Gasteiger partial charge is 0.444 e. The lowest BCUT2D eigenvalue weighted by atomic mass is 9.81. The Morgan fingerprint density at radius 2 is 1.18 bits per heavy atom. The van der Waals surface area contributed by atoms with Gasteiger partial charge in [0.2, 0.25) is 0 Å². The van der Waals surface area contributed by atoms with Gasteiger partial charge in [0.05, 0.1) is 0 Å². The summed E-state index contributed by atoms with van der Waals surface area (Å²) in [6.07, 6.45) is -0.393. The minimum Gasteiger partial charge on any atom is -0.444 e. The maximum absolute atomic E-state index is 11.4. The highest BCUT2D eigenvalue weighted by atomic mass is 79.9. The van der Waals surface area contributed by atoms with Crippen molar-refractivity contribution in [1.82, 2.24) is 5.32 Å². The third-order valence-electron chi connectivity index (χ3n) is 5.14. The van der Waals surface area contributed by atoms with E-state index in [2.05, 4.69) is 57.6 Å². The second kappa shape index (κ2) is 25.2. The molecule has 9 heteroatoms. The van der Waals surface area contributed by atoms with Gasteiger partial charge in [-0.3, -0.25) is 0 Å². The molecule has 0 saturated carbocycles. The predicted octanol–water partition coefficient (Wildman–Crippen LogP) is 8.13. The average Bonchev–Trinajstić information content (AvgIpc) is 3.03. The van der Waals surface area contributed by atoms with Crippen molar-refractivity contribution in [3.05, 3.63) is 125 Å². The van der Waals surface area contributed by atoms with Gasteiger partial charge in [-0.15, -0.1) is 12.4 Å². The van der Waals surface area contributed by atoms with Crippen molar-refractivity contribution in [2.45, 2.75) is 67.2 Å². The lowest BCUT2D eigenvalue weighted by Crippen LogP contribution is -2.32. The van der Waals surface area contributed by atoms with Crippen LogP contribution in [0.3, 0.4) is 0 Å². The molecule has 1 amide bonds. The highest BCUT2D eigenvalue weighted by Gasteiger charge is 2.15. The van der Waals surface area contributed by atoms with Crippen molar-refractivity contribution < 1.29 is 19.6 Å². The van der Waals surface area contributed by atoms with Crippen molar-refractivity contribution in [2.75, 3.05) is 0 Å². The minimum absolute atomic E-state index is 0. The number of nitrogens with two attached hydrogens (primary N) is 1. The van der Waals surface area contributed by atoms with E-state index in [1.165, 1.54) is 16.7 Å². The van der Waals surface area contributed by atoms with E-state index in [1.54, 1.807) is 24.3 Å². The summed E-state index contributed by atoms with van der Waals surface area (Å²) in [6, 6.07) is 35.1. The van der Waals surface area contributed by atoms with Crippen LogP contribution in [-0.4, -0.2) is 28.9 Å². The lowest BCUT2D eigenvalue weighted by Gasteiger charge is -2.19. The van der Waals surface area contributed by atoms with Gasteiger partial charge in [-0.1, -0.05) is 141 Å². The summed E-state index contributed by atoms with van der Waals surface area (Å²) >= 11 is 3.35. The number of halogens is 2. The average molecular weight is 688 g/mol. The van der Waals surface area contributed by atoms with Gasteiger partial charge >= 0.3 is 13.2 Å². The van der Waals surface area contributed by atoms with E-state index in [0.29, 0.717) is 18.6 Å². The zero-order chi connectivity index (χ0) is 32.7. The Labute approximate surface area is 279 Å². The Bertz CT molecular complexity index is 1240. The standard InChI is InChI=1S/C13H13N.C12H16BrNO2.C6H7BO2.2C2H6.ClH/c14-10-11-6-8-13(9-7-11)12-4-2-1-3-5-12;1-12(2,3)16-11(15)14-8-9-4-6-10(13)7-5-9;8-7(9)6-4-2-1-3-5-6;2*1-2;/h1-9H,10,14H2;4-7H,8H2,1-3H3,(H,14,15);1-5,8-9H;2*1-2H3;1H. The van der Waals surface area contributed by atoms with E-state index in [1.807, 2.05) is 97.0 Å². The molecule has 0 saturated heterocycles. The summed E-state index contributed by atoms with van der Waals surface area (Å²) in [5.74, 6) is 0. The van der Waals surface area contributed by atoms with Gasteiger partial charge in [0, 0.05) is 17.6 Å². The van der Waals surface area contributed by atoms with E-state index in [9.17, 15) is 4.79 Å². The molecule has 0 aliphatic rings. The van der Waals surface area contributed by atoms with Crippen LogP contribution in [0.25, 0.3) is 11.1 Å². The van der Waals surface area contributed by atoms with Crippen LogP contribution in [0.15, 0.2) is 114 Å². The molecule has 0 spiro atoms. The van der Waals surface area contributed by atoms with Crippen LogP contribution in [0.4, 0.5) is 4.79 Å². The van der Waals surface area contributed by atoms with E-state index in [0.717, 1.165) is 10.0 Å². The number of carbonyl (C=O) groups is 1. The van der Waals surface area contributed by atoms with Crippen LogP contribution in [0.2, 0.25) is 0 Å². The van der Waals surface area contributed by atoms with Crippen LogP contribution in [0, 0.1) is 0 Å². The summed E-state index contributed by atoms with van der Waals surface area (Å²) in [6.45, 7) is 14.6. The Morgan fingerprint density at radius 3 is 1.59 bits per heavy atom. The molecule has 240 valence electrons. The first-order valence-corrected chi connectivity index (χ1v) is 15.3. The summed E-state index contributed by atoms with van der Waals surface area (Å²) in [4.78, 5) is 11.4. The first-order chi connectivity index (χ1) is 20.6. The third kappa shape index (κ3) is 19.9. The number of rotatable bonds is 5. The number of carbonyl (C=O) groups excluding carboxylic acids is 1. The molecule has 0 aromatic heterocycles. The molecule has 0 aliphatic heterocycles. The van der Waals surface area contributed by atoms with Crippen molar-refractivity contribution in [2.24, 2.45) is 5.73 Å². The van der Waals surface area contributed by atoms with Gasteiger partial charge in [-0.2, -0.15) is 0 Å². The molecule has 0 radical (unpaired) electrons.